The van der Waals surface area contributed by atoms with Gasteiger partial charge in [0.05, 0.1) is 14.2 Å². The van der Waals surface area contributed by atoms with Crippen LogP contribution in [0.2, 0.25) is 0 Å². The Kier molecular flexibility index (Phi) is 5.53. The maximum atomic E-state index is 12.4. The highest BCUT2D eigenvalue weighted by molar-refractivity contribution is 5.82. The van der Waals surface area contributed by atoms with E-state index in [-0.39, 0.29) is 18.0 Å². The third-order valence-corrected chi connectivity index (χ3v) is 4.36. The molecule has 3 N–H and O–H groups in total. The van der Waals surface area contributed by atoms with Crippen molar-refractivity contribution >= 4 is 5.91 Å². The van der Waals surface area contributed by atoms with E-state index < -0.39 is 0 Å². The van der Waals surface area contributed by atoms with Crippen LogP contribution < -0.4 is 25.6 Å². The number of hydrazine groups is 1. The highest BCUT2D eigenvalue weighted by Crippen LogP contribution is 2.25. The number of carbonyl (C=O) groups excluding carboxylic acids is 1. The minimum absolute atomic E-state index is 0.0381. The molecule has 2 atom stereocenters. The van der Waals surface area contributed by atoms with Crippen molar-refractivity contribution in [3.63, 3.8) is 0 Å². The summed E-state index contributed by atoms with van der Waals surface area (Å²) in [5.74, 6) is 1.54. The molecule has 6 heteroatoms. The predicted molar refractivity (Wildman–Crippen MR) is 95.3 cm³/mol. The summed E-state index contributed by atoms with van der Waals surface area (Å²) in [6, 6.07) is 15.3. The summed E-state index contributed by atoms with van der Waals surface area (Å²) >= 11 is 0. The zero-order chi connectivity index (χ0) is 17.6. The molecule has 25 heavy (non-hydrogen) atoms. The van der Waals surface area contributed by atoms with Gasteiger partial charge in [0.15, 0.2) is 0 Å². The molecule has 1 fully saturated rings. The summed E-state index contributed by atoms with van der Waals surface area (Å²) in [5.41, 5.74) is 8.30. The first-order chi connectivity index (χ1) is 12.2. The molecule has 0 aliphatic carbocycles. The lowest BCUT2D eigenvalue weighted by atomic mass is 10.0. The van der Waals surface area contributed by atoms with E-state index in [4.69, 9.17) is 9.47 Å². The number of amides is 1. The van der Waals surface area contributed by atoms with Crippen molar-refractivity contribution in [3.8, 4) is 11.5 Å². The Morgan fingerprint density at radius 1 is 1.12 bits per heavy atom. The molecular weight excluding hydrogens is 318 g/mol. The molecule has 2 aromatic rings. The number of rotatable bonds is 6. The van der Waals surface area contributed by atoms with Crippen LogP contribution in [-0.4, -0.2) is 26.2 Å². The standard InChI is InChI=1S/C19H23N3O3/c1-24-15-8-5-7-13(10-15)16-11-17(22-21-16)19(23)20-12-14-6-3-4-9-18(14)25-2/h3-10,16-17,21-22H,11-12H2,1-2H3,(H,20,23). The molecule has 1 saturated heterocycles. The Balaban J connectivity index is 1.57. The molecule has 1 aliphatic heterocycles. The third-order valence-electron chi connectivity index (χ3n) is 4.36. The maximum absolute atomic E-state index is 12.4. The lowest BCUT2D eigenvalue weighted by Crippen LogP contribution is -2.42. The zero-order valence-electron chi connectivity index (χ0n) is 14.4. The van der Waals surface area contributed by atoms with Crippen LogP contribution in [0.25, 0.3) is 0 Å². The fourth-order valence-corrected chi connectivity index (χ4v) is 2.96. The zero-order valence-corrected chi connectivity index (χ0v) is 14.4. The second-order valence-corrected chi connectivity index (χ2v) is 5.94. The summed E-state index contributed by atoms with van der Waals surface area (Å²) in [4.78, 5) is 12.4. The number of methoxy groups -OCH3 is 2. The first-order valence-corrected chi connectivity index (χ1v) is 8.26. The third kappa shape index (κ3) is 4.10. The molecule has 2 aromatic carbocycles. The van der Waals surface area contributed by atoms with Crippen LogP contribution >= 0.6 is 0 Å². The van der Waals surface area contributed by atoms with E-state index in [2.05, 4.69) is 16.2 Å². The van der Waals surface area contributed by atoms with Gasteiger partial charge in [-0.25, -0.2) is 10.9 Å². The van der Waals surface area contributed by atoms with Gasteiger partial charge in [-0.3, -0.25) is 4.79 Å². The van der Waals surface area contributed by atoms with Crippen molar-refractivity contribution < 1.29 is 14.3 Å². The molecule has 3 rings (SSSR count). The predicted octanol–water partition coefficient (Wildman–Crippen LogP) is 1.93. The van der Waals surface area contributed by atoms with E-state index in [0.717, 1.165) is 22.6 Å². The van der Waals surface area contributed by atoms with Crippen molar-refractivity contribution in [2.75, 3.05) is 14.2 Å². The van der Waals surface area contributed by atoms with Gasteiger partial charge in [-0.2, -0.15) is 0 Å². The number of carbonyl (C=O) groups is 1. The van der Waals surface area contributed by atoms with Crippen molar-refractivity contribution in [2.24, 2.45) is 0 Å². The molecule has 0 aromatic heterocycles. The molecule has 0 radical (unpaired) electrons. The quantitative estimate of drug-likeness (QED) is 0.749. The lowest BCUT2D eigenvalue weighted by Gasteiger charge is -2.13. The van der Waals surface area contributed by atoms with Crippen LogP contribution in [0.3, 0.4) is 0 Å². The fourth-order valence-electron chi connectivity index (χ4n) is 2.96. The van der Waals surface area contributed by atoms with Crippen LogP contribution in [0.4, 0.5) is 0 Å². The molecule has 1 heterocycles. The van der Waals surface area contributed by atoms with E-state index in [1.54, 1.807) is 14.2 Å². The van der Waals surface area contributed by atoms with Gasteiger partial charge in [-0.05, 0) is 30.2 Å². The van der Waals surface area contributed by atoms with Gasteiger partial charge in [-0.15, -0.1) is 0 Å². The van der Waals surface area contributed by atoms with Crippen LogP contribution in [0.5, 0.6) is 11.5 Å². The molecule has 2 unspecified atom stereocenters. The Morgan fingerprint density at radius 2 is 1.96 bits per heavy atom. The SMILES string of the molecule is COc1cccc(C2CC(C(=O)NCc3ccccc3OC)NN2)c1. The Morgan fingerprint density at radius 3 is 2.76 bits per heavy atom. The number of ether oxygens (including phenoxy) is 2. The van der Waals surface area contributed by atoms with E-state index in [0.29, 0.717) is 13.0 Å². The van der Waals surface area contributed by atoms with Gasteiger partial charge in [0.25, 0.3) is 0 Å². The summed E-state index contributed by atoms with van der Waals surface area (Å²) in [5, 5.41) is 2.96. The van der Waals surface area contributed by atoms with Gasteiger partial charge in [-0.1, -0.05) is 30.3 Å². The monoisotopic (exact) mass is 341 g/mol. The van der Waals surface area contributed by atoms with Gasteiger partial charge in [0.1, 0.15) is 17.5 Å². The average molecular weight is 341 g/mol. The largest absolute Gasteiger partial charge is 0.497 e. The summed E-state index contributed by atoms with van der Waals surface area (Å²) < 4.78 is 10.6. The molecule has 132 valence electrons. The van der Waals surface area contributed by atoms with Gasteiger partial charge in [0.2, 0.25) is 5.91 Å². The van der Waals surface area contributed by atoms with Crippen LogP contribution in [0, 0.1) is 0 Å². The molecule has 0 bridgehead atoms. The summed E-state index contributed by atoms with van der Waals surface area (Å²) in [7, 11) is 3.27. The Bertz CT molecular complexity index is 735. The van der Waals surface area contributed by atoms with E-state index in [1.807, 2.05) is 48.5 Å². The number of benzene rings is 2. The minimum atomic E-state index is -0.286. The van der Waals surface area contributed by atoms with Crippen LogP contribution in [0.1, 0.15) is 23.6 Å². The van der Waals surface area contributed by atoms with E-state index in [1.165, 1.54) is 0 Å². The first-order valence-electron chi connectivity index (χ1n) is 8.26. The summed E-state index contributed by atoms with van der Waals surface area (Å²) in [6.45, 7) is 0.435. The second kappa shape index (κ2) is 8.00. The van der Waals surface area contributed by atoms with Crippen LogP contribution in [-0.2, 0) is 11.3 Å². The lowest BCUT2D eigenvalue weighted by molar-refractivity contribution is -0.123. The smallest absolute Gasteiger partial charge is 0.238 e. The van der Waals surface area contributed by atoms with Crippen molar-refractivity contribution in [3.05, 3.63) is 59.7 Å². The first kappa shape index (κ1) is 17.3. The number of hydrogen-bond acceptors (Lipinski definition) is 5. The van der Waals surface area contributed by atoms with Crippen molar-refractivity contribution in [1.29, 1.82) is 0 Å². The minimum Gasteiger partial charge on any atom is -0.497 e. The highest BCUT2D eigenvalue weighted by atomic mass is 16.5. The molecule has 6 nitrogen and oxygen atoms in total. The Labute approximate surface area is 147 Å². The van der Waals surface area contributed by atoms with Gasteiger partial charge >= 0.3 is 0 Å². The molecule has 1 aliphatic rings. The van der Waals surface area contributed by atoms with E-state index >= 15 is 0 Å². The number of para-hydroxylation sites is 1. The molecule has 0 saturated carbocycles. The number of nitrogens with one attached hydrogen (secondary N) is 3. The van der Waals surface area contributed by atoms with Crippen molar-refractivity contribution in [2.45, 2.75) is 25.0 Å². The number of hydrogen-bond donors (Lipinski definition) is 3. The maximum Gasteiger partial charge on any atom is 0.238 e. The van der Waals surface area contributed by atoms with E-state index in [9.17, 15) is 4.79 Å². The molecule has 1 amide bonds. The summed E-state index contributed by atoms with van der Waals surface area (Å²) in [6.07, 6.45) is 0.672. The highest BCUT2D eigenvalue weighted by Gasteiger charge is 2.30. The average Bonchev–Trinajstić information content (AvgIpc) is 3.16. The second-order valence-electron chi connectivity index (χ2n) is 5.94. The van der Waals surface area contributed by atoms with Crippen LogP contribution in [0.15, 0.2) is 48.5 Å². The Hall–Kier alpha value is -2.57. The van der Waals surface area contributed by atoms with Gasteiger partial charge in [0, 0.05) is 18.2 Å². The topological polar surface area (TPSA) is 71.6 Å². The fraction of sp³-hybridized carbons (Fsp3) is 0.316. The molecular formula is C19H23N3O3. The normalized spacial score (nSPS) is 19.4. The molecule has 0 spiro atoms. The van der Waals surface area contributed by atoms with Gasteiger partial charge < -0.3 is 14.8 Å². The van der Waals surface area contributed by atoms with Crippen molar-refractivity contribution in [1.82, 2.24) is 16.2 Å².